The fourth-order valence-electron chi connectivity index (χ4n) is 2.58. The predicted molar refractivity (Wildman–Crippen MR) is 76.2 cm³/mol. The van der Waals surface area contributed by atoms with Gasteiger partial charge in [-0.3, -0.25) is 0 Å². The van der Waals surface area contributed by atoms with E-state index in [1.807, 2.05) is 0 Å². The van der Waals surface area contributed by atoms with E-state index in [9.17, 15) is 12.8 Å². The first-order chi connectivity index (χ1) is 9.80. The van der Waals surface area contributed by atoms with Gasteiger partial charge in [-0.15, -0.1) is 0 Å². The minimum Gasteiger partial charge on any atom is -0.378 e. The molecule has 0 bridgehead atoms. The van der Waals surface area contributed by atoms with Crippen LogP contribution in [0.15, 0.2) is 17.0 Å². The van der Waals surface area contributed by atoms with Crippen LogP contribution in [-0.2, 0) is 19.5 Å². The van der Waals surface area contributed by atoms with Crippen LogP contribution in [0.5, 0.6) is 0 Å². The van der Waals surface area contributed by atoms with Gasteiger partial charge in [0.1, 0.15) is 11.4 Å². The van der Waals surface area contributed by atoms with E-state index in [0.29, 0.717) is 30.8 Å². The van der Waals surface area contributed by atoms with E-state index in [1.165, 1.54) is 19.2 Å². The molecule has 2 rings (SSSR count). The first-order valence-electron chi connectivity index (χ1n) is 6.69. The number of benzene rings is 1. The average Bonchev–Trinajstić information content (AvgIpc) is 2.84. The number of aryl methyl sites for hydroxylation is 2. The van der Waals surface area contributed by atoms with E-state index in [0.717, 1.165) is 0 Å². The highest BCUT2D eigenvalue weighted by molar-refractivity contribution is 7.89. The Morgan fingerprint density at radius 1 is 1.38 bits per heavy atom. The molecule has 118 valence electrons. The molecular formula is C14H20FNO4S. The summed E-state index contributed by atoms with van der Waals surface area (Å²) in [6, 6.07) is 2.43. The van der Waals surface area contributed by atoms with Crippen molar-refractivity contribution in [2.75, 3.05) is 26.9 Å². The molecule has 1 unspecified atom stereocenters. The van der Waals surface area contributed by atoms with Crippen molar-refractivity contribution in [1.82, 2.24) is 4.72 Å². The third-order valence-electron chi connectivity index (χ3n) is 3.78. The predicted octanol–water partition coefficient (Wildman–Crippen LogP) is 1.53. The number of halogens is 1. The van der Waals surface area contributed by atoms with Crippen LogP contribution in [0.3, 0.4) is 0 Å². The molecule has 1 saturated heterocycles. The molecule has 0 aromatic heterocycles. The molecule has 5 nitrogen and oxygen atoms in total. The Balaban J connectivity index is 2.23. The van der Waals surface area contributed by atoms with E-state index in [2.05, 4.69) is 4.72 Å². The number of hydrogen-bond acceptors (Lipinski definition) is 4. The van der Waals surface area contributed by atoms with Crippen molar-refractivity contribution in [2.45, 2.75) is 30.8 Å². The maximum absolute atomic E-state index is 13.3. The molecule has 1 fully saturated rings. The number of ether oxygens (including phenoxy) is 2. The second-order valence-electron chi connectivity index (χ2n) is 5.38. The molecule has 0 amide bonds. The summed E-state index contributed by atoms with van der Waals surface area (Å²) in [5.74, 6) is -0.443. The summed E-state index contributed by atoms with van der Waals surface area (Å²) in [6.07, 6.45) is 0.632. The van der Waals surface area contributed by atoms with Crippen molar-refractivity contribution in [1.29, 1.82) is 0 Å². The minimum atomic E-state index is -3.73. The molecule has 7 heteroatoms. The minimum absolute atomic E-state index is 0.120. The second-order valence-corrected chi connectivity index (χ2v) is 7.09. The van der Waals surface area contributed by atoms with Crippen LogP contribution >= 0.6 is 0 Å². The first-order valence-corrected chi connectivity index (χ1v) is 8.17. The number of hydrogen-bond donors (Lipinski definition) is 1. The van der Waals surface area contributed by atoms with Crippen LogP contribution in [0.1, 0.15) is 17.5 Å². The molecule has 0 radical (unpaired) electrons. The summed E-state index contributed by atoms with van der Waals surface area (Å²) in [4.78, 5) is 0.120. The van der Waals surface area contributed by atoms with Crippen LogP contribution in [-0.4, -0.2) is 40.9 Å². The Kier molecular flexibility index (Phi) is 4.67. The molecule has 1 aromatic rings. The smallest absolute Gasteiger partial charge is 0.241 e. The highest BCUT2D eigenvalue weighted by Crippen LogP contribution is 2.24. The van der Waals surface area contributed by atoms with E-state index >= 15 is 0 Å². The van der Waals surface area contributed by atoms with Crippen LogP contribution in [0.25, 0.3) is 0 Å². The lowest BCUT2D eigenvalue weighted by molar-refractivity contribution is -0.0120. The zero-order chi connectivity index (χ0) is 15.7. The summed E-state index contributed by atoms with van der Waals surface area (Å²) in [7, 11) is -2.19. The third-order valence-corrected chi connectivity index (χ3v) is 5.48. The number of nitrogens with one attached hydrogen (secondary N) is 1. The summed E-state index contributed by atoms with van der Waals surface area (Å²) in [5.41, 5.74) is 0.137. The van der Waals surface area contributed by atoms with E-state index < -0.39 is 21.4 Å². The topological polar surface area (TPSA) is 64.6 Å². The zero-order valence-electron chi connectivity index (χ0n) is 12.4. The molecule has 1 atom stereocenters. The van der Waals surface area contributed by atoms with E-state index in [-0.39, 0.29) is 11.4 Å². The summed E-state index contributed by atoms with van der Waals surface area (Å²) in [6.45, 7) is 4.19. The van der Waals surface area contributed by atoms with Crippen LogP contribution in [0, 0.1) is 19.7 Å². The highest BCUT2D eigenvalue weighted by Gasteiger charge is 2.36. The van der Waals surface area contributed by atoms with Crippen LogP contribution < -0.4 is 4.72 Å². The molecule has 1 heterocycles. The van der Waals surface area contributed by atoms with Crippen molar-refractivity contribution < 1.29 is 22.3 Å². The normalized spacial score (nSPS) is 22.7. The summed E-state index contributed by atoms with van der Waals surface area (Å²) in [5, 5.41) is 0. The Labute approximate surface area is 124 Å². The van der Waals surface area contributed by atoms with Gasteiger partial charge in [0.2, 0.25) is 10.0 Å². The van der Waals surface area contributed by atoms with Gasteiger partial charge in [-0.25, -0.2) is 17.5 Å². The van der Waals surface area contributed by atoms with Gasteiger partial charge in [0.15, 0.2) is 0 Å². The van der Waals surface area contributed by atoms with Crippen molar-refractivity contribution in [2.24, 2.45) is 0 Å². The van der Waals surface area contributed by atoms with Crippen molar-refractivity contribution >= 4 is 10.0 Å². The van der Waals surface area contributed by atoms with Gasteiger partial charge in [0.25, 0.3) is 0 Å². The van der Waals surface area contributed by atoms with E-state index in [1.54, 1.807) is 13.8 Å². The Morgan fingerprint density at radius 3 is 2.48 bits per heavy atom. The van der Waals surface area contributed by atoms with Crippen molar-refractivity contribution in [3.05, 3.63) is 29.1 Å². The van der Waals surface area contributed by atoms with Gasteiger partial charge in [-0.2, -0.15) is 0 Å². The molecule has 1 aromatic carbocycles. The molecule has 1 N–H and O–H groups in total. The quantitative estimate of drug-likeness (QED) is 0.894. The maximum Gasteiger partial charge on any atom is 0.241 e. The SMILES string of the molecule is COC1(CNS(=O)(=O)c2c(C)cc(F)cc2C)CCOC1. The average molecular weight is 317 g/mol. The first kappa shape index (κ1) is 16.4. The van der Waals surface area contributed by atoms with Gasteiger partial charge in [-0.1, -0.05) is 0 Å². The standard InChI is InChI=1S/C14H20FNO4S/c1-10-6-12(15)7-11(2)13(10)21(17,18)16-8-14(19-3)4-5-20-9-14/h6-7,16H,4-5,8-9H2,1-3H3. The lowest BCUT2D eigenvalue weighted by atomic mass is 10.0. The largest absolute Gasteiger partial charge is 0.378 e. The Bertz CT molecular complexity index is 601. The van der Waals surface area contributed by atoms with Gasteiger partial charge in [0.05, 0.1) is 11.5 Å². The molecule has 0 saturated carbocycles. The number of rotatable bonds is 5. The van der Waals surface area contributed by atoms with E-state index in [4.69, 9.17) is 9.47 Å². The molecule has 1 aliphatic rings. The van der Waals surface area contributed by atoms with Gasteiger partial charge >= 0.3 is 0 Å². The monoisotopic (exact) mass is 317 g/mol. The van der Waals surface area contributed by atoms with Crippen molar-refractivity contribution in [3.8, 4) is 0 Å². The molecule has 21 heavy (non-hydrogen) atoms. The maximum atomic E-state index is 13.3. The lowest BCUT2D eigenvalue weighted by Crippen LogP contribution is -2.45. The summed E-state index contributed by atoms with van der Waals surface area (Å²) >= 11 is 0. The second kappa shape index (κ2) is 6.00. The number of sulfonamides is 1. The summed E-state index contributed by atoms with van der Waals surface area (Å²) < 4.78 is 51.5. The molecule has 0 spiro atoms. The Hall–Kier alpha value is -1.02. The number of methoxy groups -OCH3 is 1. The Morgan fingerprint density at radius 2 is 2.00 bits per heavy atom. The molecule has 1 aliphatic heterocycles. The highest BCUT2D eigenvalue weighted by atomic mass is 32.2. The zero-order valence-corrected chi connectivity index (χ0v) is 13.2. The van der Waals surface area contributed by atoms with Gasteiger partial charge in [-0.05, 0) is 37.1 Å². The van der Waals surface area contributed by atoms with Crippen molar-refractivity contribution in [3.63, 3.8) is 0 Å². The van der Waals surface area contributed by atoms with Gasteiger partial charge in [0, 0.05) is 26.7 Å². The molecular weight excluding hydrogens is 297 g/mol. The van der Waals surface area contributed by atoms with Crippen LogP contribution in [0.2, 0.25) is 0 Å². The lowest BCUT2D eigenvalue weighted by Gasteiger charge is -2.26. The fourth-order valence-corrected chi connectivity index (χ4v) is 4.14. The molecule has 0 aliphatic carbocycles. The van der Waals surface area contributed by atoms with Gasteiger partial charge < -0.3 is 9.47 Å². The fraction of sp³-hybridized carbons (Fsp3) is 0.571. The third kappa shape index (κ3) is 3.42. The van der Waals surface area contributed by atoms with Crippen LogP contribution in [0.4, 0.5) is 4.39 Å².